The molecule has 4 N–H and O–H groups in total. The van der Waals surface area contributed by atoms with Crippen LogP contribution in [0.25, 0.3) is 0 Å². The second-order valence-electron chi connectivity index (χ2n) is 6.89. The molecular formula is C18H22F3N3O4S. The number of aliphatic imine (C=N–C) groups is 1. The van der Waals surface area contributed by atoms with Crippen molar-refractivity contribution in [3.63, 3.8) is 0 Å². The van der Waals surface area contributed by atoms with Crippen LogP contribution in [0, 0.1) is 5.92 Å². The first-order valence-corrected chi connectivity index (χ1v) is 9.90. The highest BCUT2D eigenvalue weighted by Gasteiger charge is 2.50. The van der Waals surface area contributed by atoms with Crippen LogP contribution in [0.5, 0.6) is 0 Å². The summed E-state index contributed by atoms with van der Waals surface area (Å²) in [6, 6.07) is 3.94. The predicted molar refractivity (Wildman–Crippen MR) is 103 cm³/mol. The number of nitrogens with one attached hydrogen (secondary N) is 2. The Kier molecular flexibility index (Phi) is 6.72. The quantitative estimate of drug-likeness (QED) is 0.525. The molecule has 1 aromatic carbocycles. The summed E-state index contributed by atoms with van der Waals surface area (Å²) >= 11 is 1.18. The van der Waals surface area contributed by atoms with Crippen LogP contribution >= 0.6 is 11.8 Å². The van der Waals surface area contributed by atoms with Gasteiger partial charge < -0.3 is 25.6 Å². The first kappa shape index (κ1) is 21.9. The van der Waals surface area contributed by atoms with Crippen molar-refractivity contribution in [1.29, 1.82) is 0 Å². The number of fused-ring (bicyclic) bond motifs is 1. The number of rotatable bonds is 5. The van der Waals surface area contributed by atoms with E-state index in [9.17, 15) is 28.2 Å². The molecule has 1 aliphatic carbocycles. The number of hydrogen-bond acceptors (Lipinski definition) is 7. The van der Waals surface area contributed by atoms with Crippen molar-refractivity contribution in [1.82, 2.24) is 5.32 Å². The number of hydrogen-bond donors (Lipinski definition) is 4. The van der Waals surface area contributed by atoms with Gasteiger partial charge in [-0.15, -0.1) is 0 Å². The molecule has 0 spiro atoms. The van der Waals surface area contributed by atoms with E-state index in [1.165, 1.54) is 31.0 Å². The van der Waals surface area contributed by atoms with Crippen molar-refractivity contribution in [2.75, 3.05) is 25.6 Å². The topological polar surface area (TPSA) is 103 Å². The summed E-state index contributed by atoms with van der Waals surface area (Å²) in [5, 5.41) is 25.8. The minimum absolute atomic E-state index is 0.0699. The Morgan fingerprint density at radius 3 is 2.83 bits per heavy atom. The Morgan fingerprint density at radius 2 is 2.14 bits per heavy atom. The molecule has 1 aromatic rings. The number of ether oxygens (including phenoxy) is 1. The van der Waals surface area contributed by atoms with Gasteiger partial charge in [0.05, 0.1) is 30.2 Å². The van der Waals surface area contributed by atoms with Crippen LogP contribution in [-0.2, 0) is 15.7 Å². The van der Waals surface area contributed by atoms with Gasteiger partial charge in [-0.2, -0.15) is 13.2 Å². The summed E-state index contributed by atoms with van der Waals surface area (Å²) in [6.07, 6.45) is -6.68. The molecule has 3 rings (SSSR count). The molecule has 0 bridgehead atoms. The summed E-state index contributed by atoms with van der Waals surface area (Å²) in [7, 11) is 1.51. The first-order chi connectivity index (χ1) is 13.7. The zero-order valence-electron chi connectivity index (χ0n) is 15.5. The van der Waals surface area contributed by atoms with Crippen molar-refractivity contribution in [2.24, 2.45) is 10.9 Å². The van der Waals surface area contributed by atoms with E-state index >= 15 is 0 Å². The van der Waals surface area contributed by atoms with Crippen molar-refractivity contribution < 1.29 is 32.9 Å². The highest BCUT2D eigenvalue weighted by molar-refractivity contribution is 8.15. The summed E-state index contributed by atoms with van der Waals surface area (Å²) in [6.45, 7) is 0.645. The van der Waals surface area contributed by atoms with Crippen molar-refractivity contribution in [2.45, 2.75) is 36.1 Å². The average Bonchev–Trinajstić information content (AvgIpc) is 3.08. The van der Waals surface area contributed by atoms with E-state index in [2.05, 4.69) is 15.6 Å². The number of thioether (sulfide) groups is 1. The Balaban J connectivity index is 1.73. The lowest BCUT2D eigenvalue weighted by Gasteiger charge is -2.37. The number of methoxy groups -OCH3 is 1. The number of benzene rings is 1. The normalized spacial score (nSPS) is 29.2. The number of carbonyl (C=O) groups excluding carboxylic acids is 1. The van der Waals surface area contributed by atoms with Gasteiger partial charge in [0.1, 0.15) is 6.10 Å². The third-order valence-electron chi connectivity index (χ3n) is 4.87. The van der Waals surface area contributed by atoms with E-state index in [-0.39, 0.29) is 18.0 Å². The maximum atomic E-state index is 12.9. The van der Waals surface area contributed by atoms with E-state index in [1.54, 1.807) is 0 Å². The number of amidine groups is 1. The third-order valence-corrected chi connectivity index (χ3v) is 6.18. The number of aliphatic hydroxyl groups is 2. The molecule has 0 saturated heterocycles. The van der Waals surface area contributed by atoms with E-state index < -0.39 is 41.2 Å². The number of alkyl halides is 3. The van der Waals surface area contributed by atoms with Crippen LogP contribution in [0.4, 0.5) is 18.9 Å². The van der Waals surface area contributed by atoms with Gasteiger partial charge in [0.15, 0.2) is 5.17 Å². The fourth-order valence-electron chi connectivity index (χ4n) is 3.41. The lowest BCUT2D eigenvalue weighted by molar-refractivity contribution is -0.137. The zero-order chi connectivity index (χ0) is 21.2. The monoisotopic (exact) mass is 433 g/mol. The lowest BCUT2D eigenvalue weighted by Crippen LogP contribution is -2.54. The molecule has 160 valence electrons. The highest BCUT2D eigenvalue weighted by atomic mass is 32.2. The first-order valence-electron chi connectivity index (χ1n) is 9.02. The molecule has 1 aliphatic heterocycles. The van der Waals surface area contributed by atoms with Crippen molar-refractivity contribution in [3.05, 3.63) is 29.8 Å². The molecule has 0 aromatic heterocycles. The number of anilines is 1. The Labute approximate surface area is 169 Å². The van der Waals surface area contributed by atoms with E-state index in [1.807, 2.05) is 0 Å². The summed E-state index contributed by atoms with van der Waals surface area (Å²) in [4.78, 5) is 16.8. The second kappa shape index (κ2) is 8.90. The fraction of sp³-hybridized carbons (Fsp3) is 0.556. The van der Waals surface area contributed by atoms with Gasteiger partial charge >= 0.3 is 6.18 Å². The molecule has 0 unspecified atom stereocenters. The molecule has 0 radical (unpaired) electrons. The molecule has 1 saturated carbocycles. The second-order valence-corrected chi connectivity index (χ2v) is 8.06. The average molecular weight is 433 g/mol. The van der Waals surface area contributed by atoms with E-state index in [0.717, 1.165) is 12.1 Å². The number of halogens is 3. The van der Waals surface area contributed by atoms with E-state index in [0.29, 0.717) is 18.3 Å². The zero-order valence-corrected chi connectivity index (χ0v) is 16.3. The van der Waals surface area contributed by atoms with Gasteiger partial charge in [0.25, 0.3) is 0 Å². The third kappa shape index (κ3) is 5.03. The van der Waals surface area contributed by atoms with Gasteiger partial charge in [0.2, 0.25) is 5.91 Å². The summed E-state index contributed by atoms with van der Waals surface area (Å²) < 4.78 is 43.6. The molecule has 1 amide bonds. The maximum Gasteiger partial charge on any atom is 0.416 e. The van der Waals surface area contributed by atoms with Crippen LogP contribution in [0.1, 0.15) is 12.0 Å². The smallest absolute Gasteiger partial charge is 0.390 e. The molecule has 5 atom stereocenters. The maximum absolute atomic E-state index is 12.9. The number of carbonyl (C=O) groups is 1. The van der Waals surface area contributed by atoms with Crippen LogP contribution in [0.15, 0.2) is 29.3 Å². The van der Waals surface area contributed by atoms with Crippen molar-refractivity contribution >= 4 is 28.5 Å². The molecule has 29 heavy (non-hydrogen) atoms. The van der Waals surface area contributed by atoms with Gasteiger partial charge in [-0.1, -0.05) is 17.8 Å². The van der Waals surface area contributed by atoms with Gasteiger partial charge in [-0.3, -0.25) is 9.79 Å². The number of aliphatic hydroxyl groups excluding tert-OH is 2. The van der Waals surface area contributed by atoms with Gasteiger partial charge in [0, 0.05) is 24.6 Å². The van der Waals surface area contributed by atoms with Crippen molar-refractivity contribution in [3.8, 4) is 0 Å². The minimum atomic E-state index is -4.47. The van der Waals surface area contributed by atoms with Gasteiger partial charge in [-0.05, 0) is 24.6 Å². The van der Waals surface area contributed by atoms with Crippen LogP contribution in [0.2, 0.25) is 0 Å². The van der Waals surface area contributed by atoms with Gasteiger partial charge in [-0.25, -0.2) is 0 Å². The summed E-state index contributed by atoms with van der Waals surface area (Å²) in [5.41, 5.74) is -0.602. The molecule has 11 heteroatoms. The molecule has 7 nitrogen and oxygen atoms in total. The summed E-state index contributed by atoms with van der Waals surface area (Å²) in [5.74, 6) is -0.893. The van der Waals surface area contributed by atoms with Crippen LogP contribution in [-0.4, -0.2) is 65.0 Å². The Hall–Kier alpha value is -1.82. The largest absolute Gasteiger partial charge is 0.416 e. The highest BCUT2D eigenvalue weighted by Crippen LogP contribution is 2.41. The number of amides is 1. The SMILES string of the molecule is COCCNC(=O)[C@H]1C[C@@H](O)[C@H](O)[C@@H]2N=C(Nc3cccc(C(F)(F)F)c3)S[C@@H]21. The molecule has 1 heterocycles. The minimum Gasteiger partial charge on any atom is -0.390 e. The molecule has 1 fully saturated rings. The standard InChI is InChI=1S/C18H22F3N3O4S/c1-28-6-5-22-16(27)11-8-12(25)14(26)13-15(11)29-17(24-13)23-10-4-2-3-9(7-10)18(19,20)21/h2-4,7,11-15,25-26H,5-6,8H2,1H3,(H,22,27)(H,23,24)/t11-,12+,13-,14-,15+/m0/s1. The Morgan fingerprint density at radius 1 is 1.38 bits per heavy atom. The van der Waals surface area contributed by atoms with Crippen LogP contribution in [0.3, 0.4) is 0 Å². The number of nitrogens with zero attached hydrogens (tertiary/aromatic N) is 1. The molecular weight excluding hydrogens is 411 g/mol. The fourth-order valence-corrected chi connectivity index (χ4v) is 4.79. The predicted octanol–water partition coefficient (Wildman–Crippen LogP) is 1.46. The van der Waals surface area contributed by atoms with Crippen LogP contribution < -0.4 is 10.6 Å². The Bertz CT molecular complexity index is 777. The lowest BCUT2D eigenvalue weighted by atomic mass is 9.81. The molecule has 2 aliphatic rings. The van der Waals surface area contributed by atoms with E-state index in [4.69, 9.17) is 4.74 Å².